The maximum atomic E-state index is 11.6. The van der Waals surface area contributed by atoms with E-state index in [-0.39, 0.29) is 5.97 Å². The predicted octanol–water partition coefficient (Wildman–Crippen LogP) is 0.746. The minimum absolute atomic E-state index is 0.369. The van der Waals surface area contributed by atoms with E-state index in [2.05, 4.69) is 11.9 Å². The average molecular weight is 208 g/mol. The Kier molecular flexibility index (Phi) is 3.29. The first-order chi connectivity index (χ1) is 7.02. The Bertz CT molecular complexity index is 400. The highest BCUT2D eigenvalue weighted by Crippen LogP contribution is 2.07. The van der Waals surface area contributed by atoms with Gasteiger partial charge < -0.3 is 4.74 Å². The summed E-state index contributed by atoms with van der Waals surface area (Å²) in [6.45, 7) is 7.70. The van der Waals surface area contributed by atoms with Crippen LogP contribution in [0, 0.1) is 13.8 Å². The fourth-order valence-corrected chi connectivity index (χ4v) is 1.49. The van der Waals surface area contributed by atoms with Gasteiger partial charge in [-0.3, -0.25) is 0 Å². The molecule has 0 aromatic carbocycles. The molecule has 0 aliphatic heterocycles. The minimum Gasteiger partial charge on any atom is -0.461 e. The smallest absolute Gasteiger partial charge is 0.405 e. The molecule has 1 rings (SSSR count). The first-order valence-electron chi connectivity index (χ1n) is 4.82. The van der Waals surface area contributed by atoms with Gasteiger partial charge in [0.1, 0.15) is 19.7 Å². The Morgan fingerprint density at radius 2 is 2.20 bits per heavy atom. The number of aromatic nitrogens is 2. The summed E-state index contributed by atoms with van der Waals surface area (Å²) in [4.78, 5) is 15.9. The quantitative estimate of drug-likeness (QED) is 0.409. The molecular formula is C11H16N2O2+2. The van der Waals surface area contributed by atoms with Crippen molar-refractivity contribution in [2.45, 2.75) is 20.3 Å². The third kappa shape index (κ3) is 1.93. The molecule has 0 N–H and O–H groups in total. The van der Waals surface area contributed by atoms with E-state index >= 15 is 0 Å². The van der Waals surface area contributed by atoms with E-state index in [1.807, 2.05) is 13.8 Å². The lowest BCUT2D eigenvalue weighted by molar-refractivity contribution is -0.679. The number of hydrogen-bond acceptors (Lipinski definition) is 3. The summed E-state index contributed by atoms with van der Waals surface area (Å²) in [6, 6.07) is 0. The summed E-state index contributed by atoms with van der Waals surface area (Å²) in [6.07, 6.45) is 0.694. The molecule has 80 valence electrons. The van der Waals surface area contributed by atoms with Crippen LogP contribution in [0.3, 0.4) is 0 Å². The van der Waals surface area contributed by atoms with Crippen LogP contribution >= 0.6 is 0 Å². The number of nitrogens with zero attached hydrogens (tertiary/aromatic N) is 2. The zero-order valence-electron chi connectivity index (χ0n) is 9.63. The lowest BCUT2D eigenvalue weighted by Crippen LogP contribution is -2.42. The summed E-state index contributed by atoms with van der Waals surface area (Å²) in [5.74, 6) is -0.369. The second-order valence-electron chi connectivity index (χ2n) is 3.34. The minimum atomic E-state index is -0.369. The van der Waals surface area contributed by atoms with Gasteiger partial charge in [0, 0.05) is 0 Å². The normalized spacial score (nSPS) is 10.1. The van der Waals surface area contributed by atoms with Gasteiger partial charge in [-0.1, -0.05) is 6.92 Å². The molecule has 4 heteroatoms. The molecule has 0 bridgehead atoms. The van der Waals surface area contributed by atoms with Crippen molar-refractivity contribution in [3.8, 4) is 0 Å². The van der Waals surface area contributed by atoms with Crippen molar-refractivity contribution in [3.05, 3.63) is 29.7 Å². The molecule has 0 unspecified atom stereocenters. The molecule has 0 aliphatic carbocycles. The van der Waals surface area contributed by atoms with Gasteiger partial charge in [-0.05, 0) is 6.42 Å². The number of hydrogen-bond donors (Lipinski definition) is 0. The molecule has 0 saturated heterocycles. The molecule has 0 fully saturated rings. The second-order valence-corrected chi connectivity index (χ2v) is 3.34. The van der Waals surface area contributed by atoms with Crippen LogP contribution < -0.4 is 4.57 Å². The first-order valence-corrected chi connectivity index (χ1v) is 4.82. The number of esters is 1. The number of carbonyl (C=O) groups is 1. The van der Waals surface area contributed by atoms with Crippen molar-refractivity contribution in [1.29, 1.82) is 0 Å². The molecule has 0 aliphatic rings. The Labute approximate surface area is 89.9 Å². The maximum absolute atomic E-state index is 11.6. The van der Waals surface area contributed by atoms with Gasteiger partial charge in [0.2, 0.25) is 5.69 Å². The van der Waals surface area contributed by atoms with Gasteiger partial charge in [-0.25, -0.2) is 4.79 Å². The molecule has 4 nitrogen and oxygen atoms in total. The van der Waals surface area contributed by atoms with E-state index in [4.69, 9.17) is 4.74 Å². The third-order valence-electron chi connectivity index (χ3n) is 2.45. The van der Waals surface area contributed by atoms with Gasteiger partial charge in [0.25, 0.3) is 0 Å². The fraction of sp³-hybridized carbons (Fsp3) is 0.455. The SMILES string of the molecule is [CH2+]c1c(C)nc(CC)c(C(=O)OC)[n+]1C. The lowest BCUT2D eigenvalue weighted by atomic mass is 10.2. The number of rotatable bonds is 2. The van der Waals surface area contributed by atoms with Crippen molar-refractivity contribution in [2.24, 2.45) is 7.05 Å². The van der Waals surface area contributed by atoms with Crippen LogP contribution in [0.1, 0.15) is 34.5 Å². The van der Waals surface area contributed by atoms with Crippen molar-refractivity contribution < 1.29 is 14.1 Å². The molecule has 0 spiro atoms. The third-order valence-corrected chi connectivity index (χ3v) is 2.45. The van der Waals surface area contributed by atoms with E-state index in [0.717, 1.165) is 17.1 Å². The van der Waals surface area contributed by atoms with Crippen LogP contribution in [0.5, 0.6) is 0 Å². The summed E-state index contributed by atoms with van der Waals surface area (Å²) in [7, 11) is 3.16. The van der Waals surface area contributed by atoms with Crippen molar-refractivity contribution in [1.82, 2.24) is 4.98 Å². The van der Waals surface area contributed by atoms with E-state index in [1.54, 1.807) is 11.6 Å². The van der Waals surface area contributed by atoms with Crippen molar-refractivity contribution in [2.75, 3.05) is 7.11 Å². The Morgan fingerprint density at radius 1 is 1.60 bits per heavy atom. The van der Waals surface area contributed by atoms with Gasteiger partial charge in [-0.15, -0.1) is 4.98 Å². The lowest BCUT2D eigenvalue weighted by Gasteiger charge is -2.02. The van der Waals surface area contributed by atoms with Crippen LogP contribution in [0.25, 0.3) is 0 Å². The molecule has 0 saturated carbocycles. The second kappa shape index (κ2) is 4.29. The van der Waals surface area contributed by atoms with Gasteiger partial charge in [-0.2, -0.15) is 4.57 Å². The Morgan fingerprint density at radius 3 is 2.67 bits per heavy atom. The highest BCUT2D eigenvalue weighted by Gasteiger charge is 2.30. The number of methoxy groups -OCH3 is 1. The standard InChI is InChI=1S/C11H16N2O2/c1-6-9-10(11(14)15-5)13(4)8(3)7(2)12-9/h3,6H2,1-2,4-5H3/q+2. The number of carbonyl (C=O) groups excluding carboxylic acids is 1. The molecular weight excluding hydrogens is 192 g/mol. The van der Waals surface area contributed by atoms with E-state index in [9.17, 15) is 4.79 Å². The Balaban J connectivity index is 3.47. The van der Waals surface area contributed by atoms with Crippen LogP contribution in [0.15, 0.2) is 0 Å². The maximum Gasteiger partial charge on any atom is 0.405 e. The first kappa shape index (κ1) is 11.5. The zero-order chi connectivity index (χ0) is 11.6. The number of ether oxygens (including phenoxy) is 1. The molecule has 1 heterocycles. The predicted molar refractivity (Wildman–Crippen MR) is 55.3 cm³/mol. The summed E-state index contributed by atoms with van der Waals surface area (Å²) < 4.78 is 6.46. The van der Waals surface area contributed by atoms with Crippen LogP contribution in [0.2, 0.25) is 0 Å². The molecule has 0 radical (unpaired) electrons. The highest BCUT2D eigenvalue weighted by atomic mass is 16.5. The zero-order valence-corrected chi connectivity index (χ0v) is 9.63. The largest absolute Gasteiger partial charge is 0.461 e. The van der Waals surface area contributed by atoms with Crippen molar-refractivity contribution >= 4 is 5.97 Å². The molecule has 0 atom stereocenters. The topological polar surface area (TPSA) is 43.1 Å². The molecule has 1 aromatic heterocycles. The molecule has 1 aromatic rings. The van der Waals surface area contributed by atoms with Crippen LogP contribution in [-0.4, -0.2) is 18.1 Å². The van der Waals surface area contributed by atoms with E-state index in [1.165, 1.54) is 7.11 Å². The summed E-state index contributed by atoms with van der Waals surface area (Å²) in [5.41, 5.74) is 2.79. The van der Waals surface area contributed by atoms with E-state index in [0.29, 0.717) is 12.1 Å². The highest BCUT2D eigenvalue weighted by molar-refractivity contribution is 5.86. The monoisotopic (exact) mass is 208 g/mol. The molecule has 15 heavy (non-hydrogen) atoms. The summed E-state index contributed by atoms with van der Waals surface area (Å²) in [5, 5.41) is 0. The van der Waals surface area contributed by atoms with Crippen LogP contribution in [0.4, 0.5) is 0 Å². The van der Waals surface area contributed by atoms with Crippen LogP contribution in [-0.2, 0) is 18.2 Å². The molecule has 0 amide bonds. The van der Waals surface area contributed by atoms with Crippen molar-refractivity contribution in [3.63, 3.8) is 0 Å². The average Bonchev–Trinajstić information content (AvgIpc) is 2.24. The number of aryl methyl sites for hydroxylation is 2. The van der Waals surface area contributed by atoms with Gasteiger partial charge in [0.15, 0.2) is 0 Å². The van der Waals surface area contributed by atoms with Gasteiger partial charge >= 0.3 is 17.4 Å². The van der Waals surface area contributed by atoms with Gasteiger partial charge in [0.05, 0.1) is 14.0 Å². The fourth-order valence-electron chi connectivity index (χ4n) is 1.49. The summed E-state index contributed by atoms with van der Waals surface area (Å²) >= 11 is 0. The Hall–Kier alpha value is -1.58. The van der Waals surface area contributed by atoms with E-state index < -0.39 is 0 Å².